The average Bonchev–Trinajstić information content (AvgIpc) is 2.32. The molecule has 0 radical (unpaired) electrons. The summed E-state index contributed by atoms with van der Waals surface area (Å²) in [6.45, 7) is 3.62. The summed E-state index contributed by atoms with van der Waals surface area (Å²) in [6, 6.07) is 3.72. The Kier molecular flexibility index (Phi) is 6.24. The normalized spacial score (nSPS) is 9.74. The standard InChI is InChI=1S/C7H8INO.C6H6INO/c1-5-3-6(8)4-9(2)7(5)10;1-4-2-5(7)3-8-6(4)9/h3-4H,1-2H3;2-3H,1H3,(H,8,9). The van der Waals surface area contributed by atoms with Gasteiger partial charge in [-0.15, -0.1) is 0 Å². The van der Waals surface area contributed by atoms with Crippen LogP contribution < -0.4 is 11.1 Å². The molecule has 0 saturated carbocycles. The van der Waals surface area contributed by atoms with Gasteiger partial charge in [0.05, 0.1) is 0 Å². The number of halogens is 2. The van der Waals surface area contributed by atoms with Crippen molar-refractivity contribution in [2.24, 2.45) is 7.05 Å². The van der Waals surface area contributed by atoms with E-state index in [1.165, 1.54) is 0 Å². The average molecular weight is 484 g/mol. The Morgan fingerprint density at radius 1 is 1.05 bits per heavy atom. The topological polar surface area (TPSA) is 54.9 Å². The summed E-state index contributed by atoms with van der Waals surface area (Å²) >= 11 is 4.34. The van der Waals surface area contributed by atoms with Crippen molar-refractivity contribution in [3.05, 3.63) is 63.5 Å². The van der Waals surface area contributed by atoms with Crippen LogP contribution in [0.2, 0.25) is 0 Å². The molecule has 0 unspecified atom stereocenters. The first-order valence-corrected chi connectivity index (χ1v) is 7.64. The van der Waals surface area contributed by atoms with Crippen molar-refractivity contribution in [3.8, 4) is 0 Å². The molecule has 0 aliphatic rings. The van der Waals surface area contributed by atoms with Crippen LogP contribution in [0.25, 0.3) is 0 Å². The second-order valence-corrected chi connectivity index (χ2v) is 6.58. The van der Waals surface area contributed by atoms with E-state index in [4.69, 9.17) is 0 Å². The van der Waals surface area contributed by atoms with Crippen molar-refractivity contribution in [1.82, 2.24) is 9.55 Å². The van der Waals surface area contributed by atoms with Gasteiger partial charge in [0.15, 0.2) is 0 Å². The number of aromatic nitrogens is 2. The number of hydrogen-bond donors (Lipinski definition) is 1. The van der Waals surface area contributed by atoms with Gasteiger partial charge >= 0.3 is 0 Å². The molecule has 0 aliphatic heterocycles. The van der Waals surface area contributed by atoms with Crippen molar-refractivity contribution in [3.63, 3.8) is 0 Å². The van der Waals surface area contributed by atoms with Gasteiger partial charge in [0.25, 0.3) is 11.1 Å². The van der Waals surface area contributed by atoms with Crippen molar-refractivity contribution in [1.29, 1.82) is 0 Å². The lowest BCUT2D eigenvalue weighted by atomic mass is 10.3. The largest absolute Gasteiger partial charge is 0.328 e. The van der Waals surface area contributed by atoms with Gasteiger partial charge < -0.3 is 9.55 Å². The SMILES string of the molecule is Cc1cc(I)c[nH]c1=O.Cc1cc(I)cn(C)c1=O. The predicted molar refractivity (Wildman–Crippen MR) is 93.7 cm³/mol. The zero-order valence-corrected chi connectivity index (χ0v) is 15.1. The number of nitrogens with one attached hydrogen (secondary N) is 1. The fraction of sp³-hybridized carbons (Fsp3) is 0.231. The number of hydrogen-bond acceptors (Lipinski definition) is 2. The van der Waals surface area contributed by atoms with Gasteiger partial charge in [0, 0.05) is 37.7 Å². The fourth-order valence-corrected chi connectivity index (χ4v) is 2.90. The maximum absolute atomic E-state index is 11.1. The third-order valence-corrected chi connectivity index (χ3v) is 3.60. The first-order chi connectivity index (χ1) is 8.81. The molecule has 0 saturated heterocycles. The van der Waals surface area contributed by atoms with E-state index in [0.29, 0.717) is 0 Å². The Hall–Kier alpha value is -0.640. The molecule has 0 aliphatic carbocycles. The number of aromatic amines is 1. The second kappa shape index (κ2) is 7.22. The van der Waals surface area contributed by atoms with Crippen LogP contribution in [0, 0.1) is 21.0 Å². The van der Waals surface area contributed by atoms with E-state index in [0.717, 1.165) is 18.3 Å². The molecular weight excluding hydrogens is 470 g/mol. The van der Waals surface area contributed by atoms with Crippen molar-refractivity contribution in [2.45, 2.75) is 13.8 Å². The molecule has 19 heavy (non-hydrogen) atoms. The van der Waals surface area contributed by atoms with Gasteiger partial charge in [-0.1, -0.05) is 0 Å². The van der Waals surface area contributed by atoms with Crippen LogP contribution in [0.3, 0.4) is 0 Å². The van der Waals surface area contributed by atoms with E-state index in [1.54, 1.807) is 24.7 Å². The minimum absolute atomic E-state index is 0.00424. The van der Waals surface area contributed by atoms with Crippen molar-refractivity contribution < 1.29 is 0 Å². The molecule has 0 bridgehead atoms. The van der Waals surface area contributed by atoms with Crippen molar-refractivity contribution in [2.75, 3.05) is 0 Å². The molecule has 2 aromatic rings. The monoisotopic (exact) mass is 484 g/mol. The molecule has 0 amide bonds. The predicted octanol–water partition coefficient (Wildman–Crippen LogP) is 2.59. The van der Waals surface area contributed by atoms with Gasteiger partial charge in [-0.2, -0.15) is 0 Å². The summed E-state index contributed by atoms with van der Waals surface area (Å²) in [5.41, 5.74) is 1.65. The lowest BCUT2D eigenvalue weighted by molar-refractivity contribution is 0.843. The van der Waals surface area contributed by atoms with E-state index < -0.39 is 0 Å². The van der Waals surface area contributed by atoms with Crippen LogP contribution in [0.4, 0.5) is 0 Å². The first kappa shape index (κ1) is 16.4. The van der Waals surface area contributed by atoms with Crippen LogP contribution in [-0.2, 0) is 7.05 Å². The third-order valence-electron chi connectivity index (χ3n) is 2.38. The summed E-state index contributed by atoms with van der Waals surface area (Å²) in [7, 11) is 1.76. The summed E-state index contributed by atoms with van der Waals surface area (Å²) in [5.74, 6) is 0. The highest BCUT2D eigenvalue weighted by Gasteiger charge is 1.95. The molecule has 0 spiro atoms. The Balaban J connectivity index is 0.000000191. The molecule has 1 N–H and O–H groups in total. The molecule has 2 aromatic heterocycles. The van der Waals surface area contributed by atoms with Crippen LogP contribution in [-0.4, -0.2) is 9.55 Å². The highest BCUT2D eigenvalue weighted by Crippen LogP contribution is 2.01. The minimum atomic E-state index is -0.00424. The van der Waals surface area contributed by atoms with E-state index in [9.17, 15) is 9.59 Å². The van der Waals surface area contributed by atoms with Gasteiger partial charge in [0.2, 0.25) is 0 Å². The Morgan fingerprint density at radius 2 is 1.63 bits per heavy atom. The Morgan fingerprint density at radius 3 is 2.11 bits per heavy atom. The van der Waals surface area contributed by atoms with Gasteiger partial charge in [0.1, 0.15) is 0 Å². The molecule has 0 atom stereocenters. The molecule has 102 valence electrons. The molecular formula is C13H14I2N2O2. The fourth-order valence-electron chi connectivity index (χ4n) is 1.39. The molecule has 2 heterocycles. The first-order valence-electron chi connectivity index (χ1n) is 5.49. The molecule has 2 rings (SSSR count). The molecule has 6 heteroatoms. The summed E-state index contributed by atoms with van der Waals surface area (Å²) in [5, 5.41) is 0. The maximum Gasteiger partial charge on any atom is 0.253 e. The molecule has 0 aromatic carbocycles. The minimum Gasteiger partial charge on any atom is -0.328 e. The quantitative estimate of drug-likeness (QED) is 0.585. The van der Waals surface area contributed by atoms with Crippen molar-refractivity contribution >= 4 is 45.2 Å². The highest BCUT2D eigenvalue weighted by atomic mass is 127. The summed E-state index contributed by atoms with van der Waals surface area (Å²) in [4.78, 5) is 24.4. The molecule has 0 fully saturated rings. The van der Waals surface area contributed by atoms with E-state index in [2.05, 4.69) is 50.2 Å². The van der Waals surface area contributed by atoms with Crippen LogP contribution >= 0.6 is 45.2 Å². The van der Waals surface area contributed by atoms with Gasteiger partial charge in [-0.25, -0.2) is 0 Å². The summed E-state index contributed by atoms with van der Waals surface area (Å²) < 4.78 is 3.75. The summed E-state index contributed by atoms with van der Waals surface area (Å²) in [6.07, 6.45) is 3.51. The zero-order valence-electron chi connectivity index (χ0n) is 10.8. The third kappa shape index (κ3) is 5.09. The lowest BCUT2D eigenvalue weighted by Gasteiger charge is -1.98. The van der Waals surface area contributed by atoms with E-state index in [-0.39, 0.29) is 11.1 Å². The second-order valence-electron chi connectivity index (χ2n) is 4.09. The molecule has 4 nitrogen and oxygen atoms in total. The maximum atomic E-state index is 11.1. The van der Waals surface area contributed by atoms with E-state index in [1.807, 2.05) is 25.3 Å². The number of H-pyrrole nitrogens is 1. The number of nitrogens with zero attached hydrogens (tertiary/aromatic N) is 1. The zero-order chi connectivity index (χ0) is 14.6. The Labute approximate surface area is 138 Å². The number of rotatable bonds is 0. The van der Waals surface area contributed by atoms with Gasteiger partial charge in [-0.05, 0) is 71.2 Å². The lowest BCUT2D eigenvalue weighted by Crippen LogP contribution is -2.18. The van der Waals surface area contributed by atoms with Crippen LogP contribution in [0.15, 0.2) is 34.1 Å². The van der Waals surface area contributed by atoms with Crippen LogP contribution in [0.5, 0.6) is 0 Å². The smallest absolute Gasteiger partial charge is 0.253 e. The van der Waals surface area contributed by atoms with Gasteiger partial charge in [-0.3, -0.25) is 9.59 Å². The van der Waals surface area contributed by atoms with E-state index >= 15 is 0 Å². The number of pyridine rings is 2. The Bertz CT molecular complexity index is 664. The number of aryl methyl sites for hydroxylation is 3. The van der Waals surface area contributed by atoms with Crippen LogP contribution in [0.1, 0.15) is 11.1 Å². The highest BCUT2D eigenvalue weighted by molar-refractivity contribution is 14.1.